The lowest BCUT2D eigenvalue weighted by Crippen LogP contribution is -1.97. The minimum Gasteiger partial charge on any atom is -0.381 e. The topological polar surface area (TPSA) is 9.23 Å². The predicted octanol–water partition coefficient (Wildman–Crippen LogP) is 5.29. The van der Waals surface area contributed by atoms with Crippen LogP contribution in [0.3, 0.4) is 0 Å². The molecule has 0 aromatic rings. The highest BCUT2D eigenvalue weighted by Crippen LogP contribution is 2.08. The van der Waals surface area contributed by atoms with Crippen molar-refractivity contribution in [2.45, 2.75) is 90.3 Å². The fraction of sp³-hybridized carbons (Fsp3) is 1.00. The minimum atomic E-state index is 0.832. The van der Waals surface area contributed by atoms with Gasteiger partial charge in [-0.1, -0.05) is 77.5 Å². The van der Waals surface area contributed by atoms with Crippen LogP contribution >= 0.6 is 0 Å². The first kappa shape index (κ1) is 18.0. The molecule has 0 aromatic carbocycles. The molecular formula is C16H33BO. The van der Waals surface area contributed by atoms with Crippen LogP contribution in [-0.4, -0.2) is 21.1 Å². The highest BCUT2D eigenvalue weighted by Gasteiger charge is 1.93. The van der Waals surface area contributed by atoms with Gasteiger partial charge in [-0.15, -0.1) is 0 Å². The zero-order chi connectivity index (χ0) is 13.3. The lowest BCUT2D eigenvalue weighted by Gasteiger charge is -2.04. The third-order valence-corrected chi connectivity index (χ3v) is 3.39. The van der Waals surface area contributed by atoms with E-state index in [0.717, 1.165) is 26.0 Å². The van der Waals surface area contributed by atoms with E-state index >= 15 is 0 Å². The second-order valence-corrected chi connectivity index (χ2v) is 5.29. The third kappa shape index (κ3) is 16.0. The second kappa shape index (κ2) is 17.0. The molecule has 0 aliphatic carbocycles. The number of ether oxygens (including phenoxy) is 1. The van der Waals surface area contributed by atoms with Crippen molar-refractivity contribution < 1.29 is 4.74 Å². The summed E-state index contributed by atoms with van der Waals surface area (Å²) in [6.07, 6.45) is 16.7. The van der Waals surface area contributed by atoms with Gasteiger partial charge in [0.25, 0.3) is 0 Å². The number of hydrogen-bond donors (Lipinski definition) is 0. The maximum Gasteiger partial charge on any atom is 0.0653 e. The summed E-state index contributed by atoms with van der Waals surface area (Å²) in [5, 5.41) is 0. The molecule has 0 spiro atoms. The molecule has 2 heteroatoms. The molecule has 0 fully saturated rings. The Morgan fingerprint density at radius 1 is 0.611 bits per heavy atom. The van der Waals surface area contributed by atoms with Crippen molar-refractivity contribution in [2.24, 2.45) is 0 Å². The first-order chi connectivity index (χ1) is 8.91. The van der Waals surface area contributed by atoms with Crippen molar-refractivity contribution in [1.29, 1.82) is 0 Å². The highest BCUT2D eigenvalue weighted by molar-refractivity contribution is 6.08. The number of unbranched alkanes of at least 4 members (excludes halogenated alkanes) is 10. The molecule has 0 aromatic heterocycles. The number of rotatable bonds is 15. The molecule has 1 nitrogen and oxygen atoms in total. The van der Waals surface area contributed by atoms with Gasteiger partial charge in [-0.3, -0.25) is 0 Å². The highest BCUT2D eigenvalue weighted by atomic mass is 16.5. The molecule has 0 rings (SSSR count). The maximum absolute atomic E-state index is 5.63. The van der Waals surface area contributed by atoms with E-state index in [-0.39, 0.29) is 0 Å². The van der Waals surface area contributed by atoms with Gasteiger partial charge in [0.15, 0.2) is 0 Å². The zero-order valence-corrected chi connectivity index (χ0v) is 12.6. The Hall–Kier alpha value is 0.0249. The van der Waals surface area contributed by atoms with Gasteiger partial charge in [-0.05, 0) is 12.8 Å². The van der Waals surface area contributed by atoms with Crippen LogP contribution in [0.15, 0.2) is 0 Å². The Kier molecular flexibility index (Phi) is 17.0. The molecule has 0 N–H and O–H groups in total. The SMILES string of the molecule is [B]CCCCCCOCCCCCCCCCC. The molecule has 0 bridgehead atoms. The van der Waals surface area contributed by atoms with Gasteiger partial charge >= 0.3 is 0 Å². The average Bonchev–Trinajstić information content (AvgIpc) is 2.39. The van der Waals surface area contributed by atoms with Crippen molar-refractivity contribution in [2.75, 3.05) is 13.2 Å². The van der Waals surface area contributed by atoms with Crippen LogP contribution in [0, 0.1) is 0 Å². The van der Waals surface area contributed by atoms with E-state index in [0.29, 0.717) is 0 Å². The fourth-order valence-electron chi connectivity index (χ4n) is 2.14. The normalized spacial score (nSPS) is 10.9. The molecule has 0 atom stereocenters. The number of hydrogen-bond acceptors (Lipinski definition) is 1. The van der Waals surface area contributed by atoms with Gasteiger partial charge in [0.1, 0.15) is 0 Å². The van der Waals surface area contributed by atoms with Crippen molar-refractivity contribution in [3.63, 3.8) is 0 Å². The summed E-state index contributed by atoms with van der Waals surface area (Å²) in [5.41, 5.74) is 0. The van der Waals surface area contributed by atoms with Crippen molar-refractivity contribution in [3.8, 4) is 0 Å². The van der Waals surface area contributed by atoms with Crippen LogP contribution in [0.25, 0.3) is 0 Å². The Morgan fingerprint density at radius 2 is 1.06 bits per heavy atom. The lowest BCUT2D eigenvalue weighted by molar-refractivity contribution is 0.125. The Morgan fingerprint density at radius 3 is 1.56 bits per heavy atom. The Bertz CT molecular complexity index is 123. The van der Waals surface area contributed by atoms with E-state index in [1.165, 1.54) is 70.6 Å². The van der Waals surface area contributed by atoms with E-state index in [1.54, 1.807) is 0 Å². The van der Waals surface area contributed by atoms with E-state index in [2.05, 4.69) is 6.92 Å². The van der Waals surface area contributed by atoms with E-state index < -0.39 is 0 Å². The van der Waals surface area contributed by atoms with Crippen LogP contribution in [0.4, 0.5) is 0 Å². The van der Waals surface area contributed by atoms with Crippen molar-refractivity contribution >= 4 is 7.85 Å². The minimum absolute atomic E-state index is 0.832. The van der Waals surface area contributed by atoms with E-state index in [4.69, 9.17) is 12.6 Å². The van der Waals surface area contributed by atoms with Gasteiger partial charge in [0.05, 0.1) is 7.85 Å². The summed E-state index contributed by atoms with van der Waals surface area (Å²) >= 11 is 0. The molecule has 0 unspecified atom stereocenters. The molecule has 106 valence electrons. The molecule has 0 amide bonds. The molecule has 0 heterocycles. The van der Waals surface area contributed by atoms with Crippen LogP contribution in [-0.2, 0) is 4.74 Å². The smallest absolute Gasteiger partial charge is 0.0653 e. The van der Waals surface area contributed by atoms with Gasteiger partial charge in [-0.25, -0.2) is 0 Å². The van der Waals surface area contributed by atoms with E-state index in [9.17, 15) is 0 Å². The van der Waals surface area contributed by atoms with Crippen molar-refractivity contribution in [1.82, 2.24) is 0 Å². The van der Waals surface area contributed by atoms with Crippen LogP contribution in [0.5, 0.6) is 0 Å². The van der Waals surface area contributed by atoms with Crippen molar-refractivity contribution in [3.05, 3.63) is 0 Å². The van der Waals surface area contributed by atoms with E-state index in [1.807, 2.05) is 0 Å². The molecule has 0 saturated heterocycles. The molecular weight excluding hydrogens is 219 g/mol. The summed E-state index contributed by atoms with van der Waals surface area (Å²) in [5.74, 6) is 0. The monoisotopic (exact) mass is 252 g/mol. The summed E-state index contributed by atoms with van der Waals surface area (Å²) in [6, 6.07) is 0. The summed E-state index contributed by atoms with van der Waals surface area (Å²) in [7, 11) is 5.44. The molecule has 18 heavy (non-hydrogen) atoms. The third-order valence-electron chi connectivity index (χ3n) is 3.39. The van der Waals surface area contributed by atoms with Gasteiger partial charge < -0.3 is 4.74 Å². The summed E-state index contributed by atoms with van der Waals surface area (Å²) in [4.78, 5) is 0. The van der Waals surface area contributed by atoms with Gasteiger partial charge in [0.2, 0.25) is 0 Å². The molecule has 0 aliphatic heterocycles. The molecule has 2 radical (unpaired) electrons. The maximum atomic E-state index is 5.63. The van der Waals surface area contributed by atoms with Crippen LogP contribution in [0.1, 0.15) is 84.0 Å². The molecule has 0 saturated carbocycles. The van der Waals surface area contributed by atoms with Gasteiger partial charge in [0, 0.05) is 13.2 Å². The van der Waals surface area contributed by atoms with Gasteiger partial charge in [-0.2, -0.15) is 0 Å². The zero-order valence-electron chi connectivity index (χ0n) is 12.6. The Balaban J connectivity index is 2.86. The van der Waals surface area contributed by atoms with Crippen LogP contribution in [0.2, 0.25) is 6.32 Å². The summed E-state index contributed by atoms with van der Waals surface area (Å²) in [6.45, 7) is 4.18. The average molecular weight is 252 g/mol. The first-order valence-corrected chi connectivity index (χ1v) is 8.19. The lowest BCUT2D eigenvalue weighted by atomic mass is 9.99. The first-order valence-electron chi connectivity index (χ1n) is 8.19. The second-order valence-electron chi connectivity index (χ2n) is 5.29. The summed E-state index contributed by atoms with van der Waals surface area (Å²) < 4.78 is 5.63. The molecule has 0 aliphatic rings. The predicted molar refractivity (Wildman–Crippen MR) is 82.5 cm³/mol. The Labute approximate surface area is 116 Å². The largest absolute Gasteiger partial charge is 0.381 e. The standard InChI is InChI=1S/C16H33BO/c1-2-3-4-5-6-7-9-12-15-18-16-13-10-8-11-14-17/h2-16H2,1H3. The van der Waals surface area contributed by atoms with Crippen LogP contribution < -0.4 is 0 Å². The fourth-order valence-corrected chi connectivity index (χ4v) is 2.14. The quantitative estimate of drug-likeness (QED) is 0.284.